The van der Waals surface area contributed by atoms with E-state index in [1.54, 1.807) is 6.07 Å². The van der Waals surface area contributed by atoms with Gasteiger partial charge < -0.3 is 0 Å². The number of nitrogens with zero attached hydrogens (tertiary/aromatic N) is 1. The van der Waals surface area contributed by atoms with E-state index in [1.807, 2.05) is 0 Å². The Bertz CT molecular complexity index is 463. The Balaban J connectivity index is -0.000000585. The molecule has 0 N–H and O–H groups in total. The summed E-state index contributed by atoms with van der Waals surface area (Å²) in [6.45, 7) is 24.4. The first-order valence-corrected chi connectivity index (χ1v) is 15.3. The van der Waals surface area contributed by atoms with E-state index in [1.165, 1.54) is 42.7 Å². The van der Waals surface area contributed by atoms with E-state index in [4.69, 9.17) is 14.6 Å². The van der Waals surface area contributed by atoms with Crippen molar-refractivity contribution < 1.29 is 31.2 Å². The standard InChI is InChI=1S/C15H26OSi2.C2H3N.2CO.Fe/c1-17(2,3)14-11-9-7-8-10-12(11)15(13(14)16)18(4,5)6;1-2-3;2*1-2;/h7-10H2,1-6H3;1H3;;;/q;;;;+2. The van der Waals surface area contributed by atoms with Crippen molar-refractivity contribution >= 4 is 21.9 Å². The van der Waals surface area contributed by atoms with Crippen LogP contribution in [0.1, 0.15) is 32.6 Å². The van der Waals surface area contributed by atoms with Crippen LogP contribution in [0.15, 0.2) is 0 Å². The van der Waals surface area contributed by atoms with Gasteiger partial charge in [-0.15, -0.1) is 0 Å². The van der Waals surface area contributed by atoms with Crippen molar-refractivity contribution in [3.63, 3.8) is 0 Å². The predicted molar refractivity (Wildman–Crippen MR) is 102 cm³/mol. The molecule has 2 rings (SSSR count). The molecule has 0 heterocycles. The van der Waals surface area contributed by atoms with Gasteiger partial charge in [0.25, 0.3) is 0 Å². The maximum absolute atomic E-state index is 12.9. The Hall–Kier alpha value is -0.407. The first-order chi connectivity index (χ1) is 11.6. The predicted octanol–water partition coefficient (Wildman–Crippen LogP) is 4.65. The van der Waals surface area contributed by atoms with Crippen molar-refractivity contribution in [2.75, 3.05) is 0 Å². The van der Waals surface area contributed by atoms with Crippen LogP contribution in [0.25, 0.3) is 0 Å². The Kier molecular flexibility index (Phi) is 16.0. The summed E-state index contributed by atoms with van der Waals surface area (Å²) in [5.74, 6) is 3.44. The molecule has 0 aromatic rings. The molecule has 0 bridgehead atoms. The Morgan fingerprint density at radius 1 is 0.846 bits per heavy atom. The maximum atomic E-state index is 12.9. The SMILES string of the molecule is CC#N.C[Si](C)(C)[C]1[C]2CCCC[C]2[C]([Si](C)(C)C)C1=O.[C-]#[O+].[C-]#[O+].[Fe+2]. The minimum absolute atomic E-state index is 0. The van der Waals surface area contributed by atoms with Gasteiger partial charge in [-0.25, -0.2) is 0 Å². The molecule has 4 radical (unpaired) electrons. The van der Waals surface area contributed by atoms with E-state index < -0.39 is 16.1 Å². The minimum Gasteiger partial charge on any atom is 2.00 e. The van der Waals surface area contributed by atoms with Crippen LogP contribution in [-0.4, -0.2) is 21.9 Å². The number of carbonyl (C=O) groups excluding carboxylic acids is 1. The molecule has 0 amide bonds. The average Bonchev–Trinajstić information content (AvgIpc) is 2.83. The molecule has 2 saturated carbocycles. The third kappa shape index (κ3) is 8.09. The van der Waals surface area contributed by atoms with Crippen LogP contribution in [0.2, 0.25) is 39.3 Å². The van der Waals surface area contributed by atoms with Gasteiger partial charge in [-0.2, -0.15) is 5.26 Å². The molecule has 2 fully saturated rings. The van der Waals surface area contributed by atoms with Gasteiger partial charge in [-0.1, -0.05) is 52.1 Å². The maximum Gasteiger partial charge on any atom is 2.00 e. The van der Waals surface area contributed by atoms with Gasteiger partial charge in [0.2, 0.25) is 0 Å². The average molecular weight is 431 g/mol. The molecular weight excluding hydrogens is 402 g/mol. The number of rotatable bonds is 2. The first kappa shape index (κ1) is 30.3. The monoisotopic (exact) mass is 431 g/mol. The second-order valence-electron chi connectivity index (χ2n) is 7.97. The van der Waals surface area contributed by atoms with Crippen LogP contribution >= 0.6 is 0 Å². The molecule has 0 aromatic heterocycles. The Morgan fingerprint density at radius 3 is 1.27 bits per heavy atom. The summed E-state index contributed by atoms with van der Waals surface area (Å²) in [7, 11) is -3.01. The van der Waals surface area contributed by atoms with Crippen LogP contribution in [0.4, 0.5) is 0 Å². The normalized spacial score (nSPS) is 18.3. The number of nitriles is 1. The smallest absolute Gasteiger partial charge is 2.00 e. The molecule has 2 aliphatic carbocycles. The molecule has 26 heavy (non-hydrogen) atoms. The largest absolute Gasteiger partial charge is 2.00 e. The molecule has 0 aromatic carbocycles. The fourth-order valence-corrected chi connectivity index (χ4v) is 7.54. The summed E-state index contributed by atoms with van der Waals surface area (Å²) in [4.78, 5) is 12.9. The van der Waals surface area contributed by atoms with Crippen molar-refractivity contribution in [3.05, 3.63) is 36.2 Å². The van der Waals surface area contributed by atoms with Crippen molar-refractivity contribution in [2.45, 2.75) is 71.9 Å². The Labute approximate surface area is 172 Å². The molecule has 2 aliphatic rings. The minimum atomic E-state index is -1.51. The van der Waals surface area contributed by atoms with Crippen LogP contribution in [-0.2, 0) is 31.2 Å². The zero-order chi connectivity index (χ0) is 20.4. The molecule has 0 spiro atoms. The second kappa shape index (κ2) is 13.7. The van der Waals surface area contributed by atoms with Gasteiger partial charge in [0.05, 0.1) is 22.2 Å². The quantitative estimate of drug-likeness (QED) is 0.362. The topological polar surface area (TPSA) is 80.7 Å². The zero-order valence-electron chi connectivity index (χ0n) is 16.9. The fourth-order valence-electron chi connectivity index (χ4n) is 3.44. The summed E-state index contributed by atoms with van der Waals surface area (Å²) in [5.41, 5.74) is 2.55. The van der Waals surface area contributed by atoms with Gasteiger partial charge in [-0.3, -0.25) is 4.79 Å². The molecule has 142 valence electrons. The van der Waals surface area contributed by atoms with Crippen molar-refractivity contribution in [2.24, 2.45) is 0 Å². The molecule has 0 aliphatic heterocycles. The van der Waals surface area contributed by atoms with Crippen LogP contribution in [0.3, 0.4) is 0 Å². The number of ketones is 1. The number of carbonyl (C=O) groups is 1. The van der Waals surface area contributed by atoms with Crippen LogP contribution in [0, 0.1) is 47.6 Å². The summed E-state index contributed by atoms with van der Waals surface area (Å²) in [5, 5.41) is 7.32. The number of fused-ring (bicyclic) bond motifs is 1. The van der Waals surface area contributed by atoms with Gasteiger partial charge in [0.1, 0.15) is 5.78 Å². The molecule has 0 saturated heterocycles. The van der Waals surface area contributed by atoms with Gasteiger partial charge >= 0.3 is 39.7 Å². The summed E-state index contributed by atoms with van der Waals surface area (Å²) in [6.07, 6.45) is 4.88. The molecular formula is C19H29FeNO3Si2+2. The van der Waals surface area contributed by atoms with E-state index in [2.05, 4.69) is 52.6 Å². The van der Waals surface area contributed by atoms with Crippen molar-refractivity contribution in [3.8, 4) is 6.07 Å². The Morgan fingerprint density at radius 2 is 1.08 bits per heavy atom. The van der Waals surface area contributed by atoms with E-state index >= 15 is 0 Å². The van der Waals surface area contributed by atoms with E-state index in [0.29, 0.717) is 5.78 Å². The third-order valence-corrected chi connectivity index (χ3v) is 8.08. The second-order valence-corrected chi connectivity index (χ2v) is 18.0. The van der Waals surface area contributed by atoms with Gasteiger partial charge in [0.15, 0.2) is 0 Å². The van der Waals surface area contributed by atoms with Crippen LogP contribution < -0.4 is 0 Å². The summed E-state index contributed by atoms with van der Waals surface area (Å²) >= 11 is 0. The van der Waals surface area contributed by atoms with Gasteiger partial charge in [-0.05, 0) is 24.7 Å². The van der Waals surface area contributed by atoms with E-state index in [9.17, 15) is 4.79 Å². The van der Waals surface area contributed by atoms with Crippen molar-refractivity contribution in [1.82, 2.24) is 0 Å². The third-order valence-electron chi connectivity index (χ3n) is 4.03. The molecule has 7 heteroatoms. The number of Topliss-reactive ketones (excluding diaryl/α,β-unsaturated/α-hetero) is 1. The molecule has 0 atom stereocenters. The molecule has 0 unspecified atom stereocenters. The van der Waals surface area contributed by atoms with Gasteiger partial charge in [0, 0.05) is 18.0 Å². The van der Waals surface area contributed by atoms with E-state index in [-0.39, 0.29) is 17.1 Å². The first-order valence-electron chi connectivity index (χ1n) is 8.29. The summed E-state index contributed by atoms with van der Waals surface area (Å²) < 4.78 is 15.0. The van der Waals surface area contributed by atoms with Crippen molar-refractivity contribution in [1.29, 1.82) is 5.26 Å². The van der Waals surface area contributed by atoms with E-state index in [0.717, 1.165) is 12.8 Å². The zero-order valence-corrected chi connectivity index (χ0v) is 20.0. The fraction of sp³-hybridized carbons (Fsp3) is 0.579. The number of hydrogen-bond donors (Lipinski definition) is 0. The molecule has 4 nitrogen and oxygen atoms in total. The number of hydrogen-bond acceptors (Lipinski definition) is 2. The summed E-state index contributed by atoms with van der Waals surface area (Å²) in [6, 6.07) is 1.75. The van der Waals surface area contributed by atoms with Crippen LogP contribution in [0.5, 0.6) is 0 Å².